The Kier molecular flexibility index (Phi) is 2.52. The third-order valence-electron chi connectivity index (χ3n) is 2.91. The topological polar surface area (TPSA) is 55.0 Å². The van der Waals surface area contributed by atoms with Gasteiger partial charge in [0.15, 0.2) is 0 Å². The van der Waals surface area contributed by atoms with Gasteiger partial charge < -0.3 is 10.6 Å². The van der Waals surface area contributed by atoms with E-state index in [0.717, 1.165) is 5.82 Å². The molecule has 76 valence electrons. The van der Waals surface area contributed by atoms with Crippen molar-refractivity contribution in [3.05, 3.63) is 12.4 Å². The fourth-order valence-electron chi connectivity index (χ4n) is 2.03. The summed E-state index contributed by atoms with van der Waals surface area (Å²) in [5, 5.41) is 0. The molecule has 1 aromatic rings. The van der Waals surface area contributed by atoms with E-state index in [0.29, 0.717) is 11.9 Å². The molecule has 1 heterocycles. The zero-order valence-corrected chi connectivity index (χ0v) is 8.48. The lowest BCUT2D eigenvalue weighted by molar-refractivity contribution is 0.646. The molecule has 1 fully saturated rings. The molecule has 1 aliphatic carbocycles. The van der Waals surface area contributed by atoms with Crippen LogP contribution in [0.1, 0.15) is 25.7 Å². The molecule has 0 radical (unpaired) electrons. The van der Waals surface area contributed by atoms with Gasteiger partial charge in [0.2, 0.25) is 0 Å². The lowest BCUT2D eigenvalue weighted by atomic mass is 10.2. The fourth-order valence-corrected chi connectivity index (χ4v) is 2.03. The van der Waals surface area contributed by atoms with Gasteiger partial charge in [-0.1, -0.05) is 12.8 Å². The van der Waals surface area contributed by atoms with Gasteiger partial charge in [-0.25, -0.2) is 9.97 Å². The Bertz CT molecular complexity index is 307. The first-order valence-corrected chi connectivity index (χ1v) is 5.08. The summed E-state index contributed by atoms with van der Waals surface area (Å²) in [6.45, 7) is 0. The molecular formula is C10H16N4. The molecule has 1 saturated carbocycles. The van der Waals surface area contributed by atoms with Crippen LogP contribution in [0.3, 0.4) is 0 Å². The van der Waals surface area contributed by atoms with Gasteiger partial charge in [0.05, 0.1) is 0 Å². The Morgan fingerprint density at radius 2 is 2.07 bits per heavy atom. The fraction of sp³-hybridized carbons (Fsp3) is 0.600. The minimum absolute atomic E-state index is 0.542. The molecule has 0 atom stereocenters. The minimum atomic E-state index is 0.542. The summed E-state index contributed by atoms with van der Waals surface area (Å²) in [4.78, 5) is 10.3. The minimum Gasteiger partial charge on any atom is -0.384 e. The van der Waals surface area contributed by atoms with E-state index < -0.39 is 0 Å². The van der Waals surface area contributed by atoms with E-state index in [2.05, 4.69) is 21.9 Å². The first-order valence-electron chi connectivity index (χ1n) is 5.08. The monoisotopic (exact) mass is 192 g/mol. The van der Waals surface area contributed by atoms with Gasteiger partial charge in [-0.2, -0.15) is 0 Å². The predicted octanol–water partition coefficient (Wildman–Crippen LogP) is 1.44. The number of rotatable bonds is 2. The third kappa shape index (κ3) is 1.78. The highest BCUT2D eigenvalue weighted by Crippen LogP contribution is 2.25. The highest BCUT2D eigenvalue weighted by Gasteiger charge is 2.20. The van der Waals surface area contributed by atoms with E-state index in [1.54, 1.807) is 0 Å². The quantitative estimate of drug-likeness (QED) is 0.770. The van der Waals surface area contributed by atoms with Crippen LogP contribution in [-0.4, -0.2) is 23.1 Å². The molecule has 0 spiro atoms. The average Bonchev–Trinajstić information content (AvgIpc) is 2.69. The van der Waals surface area contributed by atoms with Crippen molar-refractivity contribution in [3.8, 4) is 0 Å². The van der Waals surface area contributed by atoms with Crippen molar-refractivity contribution in [1.82, 2.24) is 9.97 Å². The van der Waals surface area contributed by atoms with Crippen LogP contribution in [-0.2, 0) is 0 Å². The normalized spacial score (nSPS) is 17.2. The maximum absolute atomic E-state index is 5.62. The van der Waals surface area contributed by atoms with Gasteiger partial charge in [-0.3, -0.25) is 0 Å². The number of anilines is 2. The van der Waals surface area contributed by atoms with Gasteiger partial charge in [-0.05, 0) is 12.8 Å². The zero-order valence-electron chi connectivity index (χ0n) is 8.48. The summed E-state index contributed by atoms with van der Waals surface area (Å²) in [7, 11) is 2.08. The van der Waals surface area contributed by atoms with E-state index >= 15 is 0 Å². The number of nitrogens with zero attached hydrogens (tertiary/aromatic N) is 3. The summed E-state index contributed by atoms with van der Waals surface area (Å²) in [5.41, 5.74) is 5.62. The molecule has 2 N–H and O–H groups in total. The summed E-state index contributed by atoms with van der Waals surface area (Å²) in [6, 6.07) is 2.46. The van der Waals surface area contributed by atoms with E-state index in [4.69, 9.17) is 5.73 Å². The second kappa shape index (κ2) is 3.82. The number of nitrogens with two attached hydrogens (primary N) is 1. The molecule has 0 bridgehead atoms. The highest BCUT2D eigenvalue weighted by molar-refractivity contribution is 5.46. The molecule has 0 saturated heterocycles. The maximum atomic E-state index is 5.62. The van der Waals surface area contributed by atoms with Crippen LogP contribution >= 0.6 is 0 Å². The summed E-state index contributed by atoms with van der Waals surface area (Å²) < 4.78 is 0. The van der Waals surface area contributed by atoms with Crippen molar-refractivity contribution in [3.63, 3.8) is 0 Å². The van der Waals surface area contributed by atoms with Crippen molar-refractivity contribution >= 4 is 11.6 Å². The van der Waals surface area contributed by atoms with Crippen molar-refractivity contribution in [1.29, 1.82) is 0 Å². The largest absolute Gasteiger partial charge is 0.384 e. The first-order chi connectivity index (χ1) is 6.77. The van der Waals surface area contributed by atoms with Crippen LogP contribution in [0.25, 0.3) is 0 Å². The zero-order chi connectivity index (χ0) is 9.97. The summed E-state index contributed by atoms with van der Waals surface area (Å²) >= 11 is 0. The predicted molar refractivity (Wildman–Crippen MR) is 57.1 cm³/mol. The number of nitrogen functional groups attached to an aromatic ring is 1. The second-order valence-corrected chi connectivity index (χ2v) is 3.85. The van der Waals surface area contributed by atoms with E-state index in [9.17, 15) is 0 Å². The molecule has 0 amide bonds. The maximum Gasteiger partial charge on any atom is 0.134 e. The number of hydrogen-bond acceptors (Lipinski definition) is 4. The molecule has 14 heavy (non-hydrogen) atoms. The molecular weight excluding hydrogens is 176 g/mol. The van der Waals surface area contributed by atoms with Crippen molar-refractivity contribution in [2.24, 2.45) is 0 Å². The van der Waals surface area contributed by atoms with E-state index in [-0.39, 0.29) is 0 Å². The standard InChI is InChI=1S/C10H16N4/c1-14(8-4-2-3-5-8)10-6-9(11)12-7-13-10/h6-8H,2-5H2,1H3,(H2,11,12,13). The highest BCUT2D eigenvalue weighted by atomic mass is 15.2. The molecule has 0 aromatic carbocycles. The average molecular weight is 192 g/mol. The van der Waals surface area contributed by atoms with Gasteiger partial charge in [0.1, 0.15) is 18.0 Å². The Morgan fingerprint density at radius 1 is 1.36 bits per heavy atom. The van der Waals surface area contributed by atoms with Crippen LogP contribution in [0.4, 0.5) is 11.6 Å². The van der Waals surface area contributed by atoms with Crippen molar-refractivity contribution < 1.29 is 0 Å². The van der Waals surface area contributed by atoms with E-state index in [1.165, 1.54) is 32.0 Å². The van der Waals surface area contributed by atoms with Gasteiger partial charge in [-0.15, -0.1) is 0 Å². The smallest absolute Gasteiger partial charge is 0.134 e. The Labute approximate surface area is 84.2 Å². The lowest BCUT2D eigenvalue weighted by Gasteiger charge is -2.25. The molecule has 0 unspecified atom stereocenters. The van der Waals surface area contributed by atoms with Crippen LogP contribution < -0.4 is 10.6 Å². The van der Waals surface area contributed by atoms with Crippen molar-refractivity contribution in [2.75, 3.05) is 17.7 Å². The molecule has 2 rings (SSSR count). The van der Waals surface area contributed by atoms with Crippen LogP contribution in [0.15, 0.2) is 12.4 Å². The number of hydrogen-bond donors (Lipinski definition) is 1. The summed E-state index contributed by atoms with van der Waals surface area (Å²) in [6.07, 6.45) is 6.71. The van der Waals surface area contributed by atoms with Gasteiger partial charge in [0, 0.05) is 19.2 Å². The van der Waals surface area contributed by atoms with Crippen LogP contribution in [0, 0.1) is 0 Å². The van der Waals surface area contributed by atoms with Crippen LogP contribution in [0.2, 0.25) is 0 Å². The third-order valence-corrected chi connectivity index (χ3v) is 2.91. The molecule has 4 heteroatoms. The summed E-state index contributed by atoms with van der Waals surface area (Å²) in [5.74, 6) is 1.48. The molecule has 1 aromatic heterocycles. The molecule has 4 nitrogen and oxygen atoms in total. The molecule has 0 aliphatic heterocycles. The van der Waals surface area contributed by atoms with Gasteiger partial charge >= 0.3 is 0 Å². The Hall–Kier alpha value is -1.32. The lowest BCUT2D eigenvalue weighted by Crippen LogP contribution is -2.29. The van der Waals surface area contributed by atoms with Gasteiger partial charge in [0.25, 0.3) is 0 Å². The Balaban J connectivity index is 2.13. The van der Waals surface area contributed by atoms with E-state index in [1.807, 2.05) is 6.07 Å². The number of aromatic nitrogens is 2. The van der Waals surface area contributed by atoms with Crippen molar-refractivity contribution in [2.45, 2.75) is 31.7 Å². The molecule has 1 aliphatic rings. The SMILES string of the molecule is CN(c1cc(N)ncn1)C1CCCC1. The second-order valence-electron chi connectivity index (χ2n) is 3.85. The Morgan fingerprint density at radius 3 is 2.71 bits per heavy atom. The first kappa shape index (κ1) is 9.24. The van der Waals surface area contributed by atoms with Crippen LogP contribution in [0.5, 0.6) is 0 Å².